The Bertz CT molecular complexity index is 1080. The second kappa shape index (κ2) is 9.34. The number of amides is 4. The van der Waals surface area contributed by atoms with E-state index in [1.807, 2.05) is 24.4 Å². The van der Waals surface area contributed by atoms with E-state index >= 15 is 0 Å². The Hall–Kier alpha value is -2.81. The fraction of sp³-hybridized carbons (Fsp3) is 0.100. The van der Waals surface area contributed by atoms with Crippen molar-refractivity contribution in [3.8, 4) is 0 Å². The zero-order chi connectivity index (χ0) is 21.8. The van der Waals surface area contributed by atoms with Crippen LogP contribution < -0.4 is 16.0 Å². The molecule has 0 spiro atoms. The number of carbonyl (C=O) groups excluding carboxylic acids is 3. The molecular weight excluding hydrogens is 447 g/mol. The summed E-state index contributed by atoms with van der Waals surface area (Å²) in [5.74, 6) is -1.13. The second-order valence-corrected chi connectivity index (χ2v) is 7.97. The SMILES string of the molecule is Cc1ccc(N2C(=O)C(=Cc3cccc(Cl)c3Cl)N=C2SCC(=O)NC(N)=O)cc1. The van der Waals surface area contributed by atoms with Crippen molar-refractivity contribution in [3.63, 3.8) is 0 Å². The van der Waals surface area contributed by atoms with Gasteiger partial charge in [0, 0.05) is 0 Å². The molecule has 2 aromatic carbocycles. The maximum Gasteiger partial charge on any atom is 0.318 e. The molecule has 4 amide bonds. The number of thioether (sulfide) groups is 1. The number of aryl methyl sites for hydroxylation is 1. The van der Waals surface area contributed by atoms with E-state index in [0.29, 0.717) is 21.3 Å². The van der Waals surface area contributed by atoms with Crippen LogP contribution in [0.3, 0.4) is 0 Å². The average molecular weight is 463 g/mol. The molecule has 0 unspecified atom stereocenters. The van der Waals surface area contributed by atoms with E-state index in [1.165, 1.54) is 11.0 Å². The van der Waals surface area contributed by atoms with Crippen molar-refractivity contribution in [3.05, 3.63) is 69.3 Å². The number of hydrogen-bond donors (Lipinski definition) is 2. The van der Waals surface area contributed by atoms with Crippen LogP contribution in [0.1, 0.15) is 11.1 Å². The first-order valence-corrected chi connectivity index (χ1v) is 10.4. The molecule has 0 saturated heterocycles. The molecule has 1 aliphatic rings. The van der Waals surface area contributed by atoms with Crippen molar-refractivity contribution < 1.29 is 14.4 Å². The van der Waals surface area contributed by atoms with E-state index in [0.717, 1.165) is 17.3 Å². The lowest BCUT2D eigenvalue weighted by Gasteiger charge is -2.17. The van der Waals surface area contributed by atoms with Gasteiger partial charge in [-0.3, -0.25) is 19.8 Å². The number of amidine groups is 1. The number of halogens is 2. The van der Waals surface area contributed by atoms with Crippen molar-refractivity contribution in [2.24, 2.45) is 10.7 Å². The maximum absolute atomic E-state index is 13.1. The van der Waals surface area contributed by atoms with Crippen molar-refractivity contribution in [1.82, 2.24) is 5.32 Å². The van der Waals surface area contributed by atoms with Gasteiger partial charge in [-0.05, 0) is 36.8 Å². The minimum atomic E-state index is -0.948. The zero-order valence-corrected chi connectivity index (χ0v) is 18.0. The van der Waals surface area contributed by atoms with E-state index in [-0.39, 0.29) is 22.5 Å². The molecule has 154 valence electrons. The molecule has 1 aliphatic heterocycles. The van der Waals surface area contributed by atoms with Crippen molar-refractivity contribution in [2.45, 2.75) is 6.92 Å². The lowest BCUT2D eigenvalue weighted by Crippen LogP contribution is -2.37. The predicted octanol–water partition coefficient (Wildman–Crippen LogP) is 3.97. The van der Waals surface area contributed by atoms with Gasteiger partial charge in [-0.1, -0.05) is 64.8 Å². The van der Waals surface area contributed by atoms with Gasteiger partial charge in [-0.25, -0.2) is 9.79 Å². The van der Waals surface area contributed by atoms with Crippen LogP contribution in [0.4, 0.5) is 10.5 Å². The van der Waals surface area contributed by atoms with Crippen LogP contribution in [0.5, 0.6) is 0 Å². The number of hydrogen-bond acceptors (Lipinski definition) is 5. The molecule has 2 aromatic rings. The Balaban J connectivity index is 1.95. The zero-order valence-electron chi connectivity index (χ0n) is 15.7. The predicted molar refractivity (Wildman–Crippen MR) is 121 cm³/mol. The Morgan fingerprint density at radius 1 is 1.20 bits per heavy atom. The van der Waals surface area contributed by atoms with Crippen LogP contribution in [0, 0.1) is 6.92 Å². The van der Waals surface area contributed by atoms with Gasteiger partial charge in [0.05, 0.1) is 21.5 Å². The standard InChI is InChI=1S/C20H16Cl2N4O3S/c1-11-5-7-13(8-6-11)26-18(28)15(9-12-3-2-4-14(21)17(12)22)24-20(26)30-10-16(27)25-19(23)29/h2-9H,10H2,1H3,(H3,23,25,27,29). The van der Waals surface area contributed by atoms with E-state index in [2.05, 4.69) is 4.99 Å². The topological polar surface area (TPSA) is 105 Å². The van der Waals surface area contributed by atoms with Crippen LogP contribution in [0.2, 0.25) is 10.0 Å². The smallest absolute Gasteiger partial charge is 0.318 e. The van der Waals surface area contributed by atoms with Gasteiger partial charge >= 0.3 is 6.03 Å². The molecule has 0 saturated carbocycles. The summed E-state index contributed by atoms with van der Waals surface area (Å²) in [7, 11) is 0. The third-order valence-electron chi connectivity index (χ3n) is 3.99. The molecule has 0 bridgehead atoms. The summed E-state index contributed by atoms with van der Waals surface area (Å²) in [4.78, 5) is 41.5. The average Bonchev–Trinajstić information content (AvgIpc) is 2.99. The number of nitrogens with two attached hydrogens (primary N) is 1. The Morgan fingerprint density at radius 3 is 2.57 bits per heavy atom. The highest BCUT2D eigenvalue weighted by molar-refractivity contribution is 8.14. The van der Waals surface area contributed by atoms with E-state index < -0.39 is 11.9 Å². The number of aliphatic imine (C=N–C) groups is 1. The summed E-state index contributed by atoms with van der Waals surface area (Å²) in [6, 6.07) is 11.4. The monoisotopic (exact) mass is 462 g/mol. The molecule has 0 aliphatic carbocycles. The molecule has 3 N–H and O–H groups in total. The highest BCUT2D eigenvalue weighted by Gasteiger charge is 2.32. The van der Waals surface area contributed by atoms with Crippen molar-refractivity contribution in [1.29, 1.82) is 0 Å². The van der Waals surface area contributed by atoms with Gasteiger partial charge in [0.25, 0.3) is 5.91 Å². The number of nitrogens with one attached hydrogen (secondary N) is 1. The number of nitrogens with zero attached hydrogens (tertiary/aromatic N) is 2. The highest BCUT2D eigenvalue weighted by Crippen LogP contribution is 2.32. The van der Waals surface area contributed by atoms with Gasteiger partial charge in [-0.2, -0.15) is 0 Å². The fourth-order valence-corrected chi connectivity index (χ4v) is 3.77. The van der Waals surface area contributed by atoms with Crippen LogP contribution in [0.25, 0.3) is 6.08 Å². The molecule has 0 fully saturated rings. The van der Waals surface area contributed by atoms with Gasteiger partial charge < -0.3 is 5.73 Å². The van der Waals surface area contributed by atoms with Gasteiger partial charge in [-0.15, -0.1) is 0 Å². The first-order chi connectivity index (χ1) is 14.3. The molecule has 0 radical (unpaired) electrons. The number of urea groups is 1. The third-order valence-corrected chi connectivity index (χ3v) is 5.76. The lowest BCUT2D eigenvalue weighted by molar-refractivity contribution is -0.117. The number of carbonyl (C=O) groups is 3. The molecule has 3 rings (SSSR count). The largest absolute Gasteiger partial charge is 0.351 e. The first-order valence-electron chi connectivity index (χ1n) is 8.64. The fourth-order valence-electron chi connectivity index (χ4n) is 2.60. The summed E-state index contributed by atoms with van der Waals surface area (Å²) in [5, 5.41) is 2.92. The van der Waals surface area contributed by atoms with Gasteiger partial charge in [0.15, 0.2) is 5.17 Å². The molecule has 1 heterocycles. The Kier molecular flexibility index (Phi) is 6.81. The first kappa shape index (κ1) is 21.9. The van der Waals surface area contributed by atoms with E-state index in [1.54, 1.807) is 30.3 Å². The number of benzene rings is 2. The number of imide groups is 1. The van der Waals surface area contributed by atoms with Gasteiger partial charge in [0.2, 0.25) is 5.91 Å². The normalized spacial score (nSPS) is 14.8. The van der Waals surface area contributed by atoms with Gasteiger partial charge in [0.1, 0.15) is 5.70 Å². The summed E-state index contributed by atoms with van der Waals surface area (Å²) in [6.07, 6.45) is 1.54. The summed E-state index contributed by atoms with van der Waals surface area (Å²) < 4.78 is 0. The summed E-state index contributed by atoms with van der Waals surface area (Å²) in [5.41, 5.74) is 7.25. The quantitative estimate of drug-likeness (QED) is 0.670. The second-order valence-electron chi connectivity index (χ2n) is 6.24. The Labute approximate surface area is 186 Å². The lowest BCUT2D eigenvalue weighted by atomic mass is 10.2. The van der Waals surface area contributed by atoms with Crippen molar-refractivity contribution in [2.75, 3.05) is 10.7 Å². The van der Waals surface area contributed by atoms with Crippen LogP contribution in [-0.4, -0.2) is 28.8 Å². The number of rotatable bonds is 4. The molecule has 7 nitrogen and oxygen atoms in total. The molecular formula is C20H16Cl2N4O3S. The molecule has 10 heteroatoms. The van der Waals surface area contributed by atoms with Crippen LogP contribution in [-0.2, 0) is 9.59 Å². The number of primary amides is 1. The summed E-state index contributed by atoms with van der Waals surface area (Å²) in [6.45, 7) is 1.93. The third kappa shape index (κ3) is 5.02. The Morgan fingerprint density at radius 2 is 1.90 bits per heavy atom. The van der Waals surface area contributed by atoms with Crippen molar-refractivity contribution >= 4 is 69.7 Å². The van der Waals surface area contributed by atoms with E-state index in [4.69, 9.17) is 28.9 Å². The summed E-state index contributed by atoms with van der Waals surface area (Å²) >= 11 is 13.3. The highest BCUT2D eigenvalue weighted by atomic mass is 35.5. The molecule has 0 atom stereocenters. The minimum Gasteiger partial charge on any atom is -0.351 e. The van der Waals surface area contributed by atoms with Crippen LogP contribution >= 0.6 is 35.0 Å². The van der Waals surface area contributed by atoms with E-state index in [9.17, 15) is 14.4 Å². The molecule has 0 aromatic heterocycles. The van der Waals surface area contributed by atoms with Crippen LogP contribution in [0.15, 0.2) is 53.2 Å². The molecule has 30 heavy (non-hydrogen) atoms. The number of anilines is 1. The minimum absolute atomic E-state index is 0.137. The maximum atomic E-state index is 13.1.